The van der Waals surface area contributed by atoms with Crippen LogP contribution in [-0.4, -0.2) is 24.5 Å². The average Bonchev–Trinajstić information content (AvgIpc) is 2.55. The van der Waals surface area contributed by atoms with Gasteiger partial charge < -0.3 is 10.1 Å². The zero-order chi connectivity index (χ0) is 12.5. The molecule has 0 aromatic rings. The van der Waals surface area contributed by atoms with E-state index in [0.717, 1.165) is 12.8 Å². The van der Waals surface area contributed by atoms with Crippen molar-refractivity contribution in [2.45, 2.75) is 64.3 Å². The fraction of sp³-hybridized carbons (Fsp3) is 0.846. The molecule has 0 atom stereocenters. The maximum atomic E-state index is 11.6. The van der Waals surface area contributed by atoms with Crippen LogP contribution in [-0.2, 0) is 14.3 Å². The normalized spacial score (nSPS) is 17.2. The first-order chi connectivity index (χ1) is 8.22. The summed E-state index contributed by atoms with van der Waals surface area (Å²) in [4.78, 5) is 22.7. The van der Waals surface area contributed by atoms with Gasteiger partial charge in [-0.2, -0.15) is 0 Å². The van der Waals surface area contributed by atoms with Gasteiger partial charge in [0.15, 0.2) is 0 Å². The Morgan fingerprint density at radius 2 is 1.76 bits per heavy atom. The van der Waals surface area contributed by atoms with E-state index in [-0.39, 0.29) is 24.7 Å². The van der Waals surface area contributed by atoms with Crippen molar-refractivity contribution in [2.24, 2.45) is 0 Å². The lowest BCUT2D eigenvalue weighted by atomic mass is 10.1. The minimum Gasteiger partial charge on any atom is -0.466 e. The molecule has 17 heavy (non-hydrogen) atoms. The molecule has 1 rings (SSSR count). The largest absolute Gasteiger partial charge is 0.466 e. The molecule has 0 aromatic carbocycles. The van der Waals surface area contributed by atoms with Gasteiger partial charge >= 0.3 is 5.97 Å². The first-order valence-corrected chi connectivity index (χ1v) is 6.67. The number of rotatable bonds is 5. The van der Waals surface area contributed by atoms with Gasteiger partial charge in [-0.25, -0.2) is 0 Å². The number of esters is 1. The molecule has 0 heterocycles. The molecule has 1 aliphatic rings. The van der Waals surface area contributed by atoms with E-state index < -0.39 is 0 Å². The van der Waals surface area contributed by atoms with Crippen LogP contribution < -0.4 is 5.32 Å². The molecule has 4 nitrogen and oxygen atoms in total. The van der Waals surface area contributed by atoms with E-state index in [1.54, 1.807) is 6.92 Å². The van der Waals surface area contributed by atoms with Crippen LogP contribution in [0.25, 0.3) is 0 Å². The third-order valence-corrected chi connectivity index (χ3v) is 3.08. The first kappa shape index (κ1) is 14.0. The Balaban J connectivity index is 2.17. The molecule has 0 aromatic heterocycles. The minimum absolute atomic E-state index is 0.0232. The van der Waals surface area contributed by atoms with Crippen molar-refractivity contribution < 1.29 is 14.3 Å². The summed E-state index contributed by atoms with van der Waals surface area (Å²) in [6.07, 6.45) is 7.52. The van der Waals surface area contributed by atoms with Gasteiger partial charge in [-0.3, -0.25) is 9.59 Å². The number of ether oxygens (including phenoxy) is 1. The zero-order valence-electron chi connectivity index (χ0n) is 10.7. The van der Waals surface area contributed by atoms with E-state index in [0.29, 0.717) is 12.6 Å². The van der Waals surface area contributed by atoms with Crippen molar-refractivity contribution in [3.8, 4) is 0 Å². The van der Waals surface area contributed by atoms with Crippen molar-refractivity contribution in [3.05, 3.63) is 0 Å². The van der Waals surface area contributed by atoms with Crippen LogP contribution in [0.4, 0.5) is 0 Å². The molecule has 1 N–H and O–H groups in total. The van der Waals surface area contributed by atoms with E-state index in [4.69, 9.17) is 4.74 Å². The van der Waals surface area contributed by atoms with Gasteiger partial charge in [0.05, 0.1) is 13.0 Å². The van der Waals surface area contributed by atoms with Crippen LogP contribution in [0.5, 0.6) is 0 Å². The quantitative estimate of drug-likeness (QED) is 0.593. The summed E-state index contributed by atoms with van der Waals surface area (Å²) < 4.78 is 4.78. The summed E-state index contributed by atoms with van der Waals surface area (Å²) in [6.45, 7) is 2.15. The minimum atomic E-state index is -0.288. The standard InChI is InChI=1S/C13H23NO3/c1-2-17-13(16)10-9-12(15)14-11-7-5-3-4-6-8-11/h11H,2-10H2,1H3,(H,14,15). The summed E-state index contributed by atoms with van der Waals surface area (Å²) in [6, 6.07) is 0.312. The van der Waals surface area contributed by atoms with Gasteiger partial charge in [-0.15, -0.1) is 0 Å². The molecule has 98 valence electrons. The van der Waals surface area contributed by atoms with Gasteiger partial charge in [0.25, 0.3) is 0 Å². The fourth-order valence-electron chi connectivity index (χ4n) is 2.17. The predicted molar refractivity (Wildman–Crippen MR) is 65.5 cm³/mol. The summed E-state index contributed by atoms with van der Waals surface area (Å²) in [5.41, 5.74) is 0. The first-order valence-electron chi connectivity index (χ1n) is 6.67. The molecule has 0 unspecified atom stereocenters. The summed E-state index contributed by atoms with van der Waals surface area (Å²) in [5.74, 6) is -0.312. The lowest BCUT2D eigenvalue weighted by Gasteiger charge is -2.15. The van der Waals surface area contributed by atoms with Crippen LogP contribution in [0.15, 0.2) is 0 Å². The molecule has 1 fully saturated rings. The average molecular weight is 241 g/mol. The number of carbonyl (C=O) groups is 2. The second-order valence-corrected chi connectivity index (χ2v) is 4.56. The van der Waals surface area contributed by atoms with Gasteiger partial charge in [-0.05, 0) is 19.8 Å². The van der Waals surface area contributed by atoms with E-state index in [1.165, 1.54) is 25.7 Å². The number of carbonyl (C=O) groups excluding carboxylic acids is 2. The summed E-state index contributed by atoms with van der Waals surface area (Å²) in [5, 5.41) is 3.01. The van der Waals surface area contributed by atoms with Crippen LogP contribution in [0.3, 0.4) is 0 Å². The lowest BCUT2D eigenvalue weighted by molar-refractivity contribution is -0.144. The maximum absolute atomic E-state index is 11.6. The van der Waals surface area contributed by atoms with Crippen molar-refractivity contribution in [3.63, 3.8) is 0 Å². The summed E-state index contributed by atoms with van der Waals surface area (Å²) in [7, 11) is 0. The van der Waals surface area contributed by atoms with Crippen molar-refractivity contribution in [1.82, 2.24) is 5.32 Å². The number of hydrogen-bond acceptors (Lipinski definition) is 3. The van der Waals surface area contributed by atoms with Gasteiger partial charge in [-0.1, -0.05) is 25.7 Å². The molecular weight excluding hydrogens is 218 g/mol. The Labute approximate surface area is 103 Å². The Hall–Kier alpha value is -1.06. The number of hydrogen-bond donors (Lipinski definition) is 1. The third kappa shape index (κ3) is 6.29. The van der Waals surface area contributed by atoms with E-state index in [1.807, 2.05) is 0 Å². The van der Waals surface area contributed by atoms with Crippen LogP contribution in [0.1, 0.15) is 58.3 Å². The number of amides is 1. The van der Waals surface area contributed by atoms with Gasteiger partial charge in [0.2, 0.25) is 5.91 Å². The zero-order valence-corrected chi connectivity index (χ0v) is 10.7. The van der Waals surface area contributed by atoms with Crippen molar-refractivity contribution in [2.75, 3.05) is 6.61 Å². The molecule has 1 aliphatic carbocycles. The molecule has 1 saturated carbocycles. The van der Waals surface area contributed by atoms with Gasteiger partial charge in [0, 0.05) is 12.5 Å². The second-order valence-electron chi connectivity index (χ2n) is 4.56. The molecule has 0 bridgehead atoms. The van der Waals surface area contributed by atoms with Crippen LogP contribution in [0, 0.1) is 0 Å². The smallest absolute Gasteiger partial charge is 0.306 e. The Kier molecular flexibility index (Phi) is 6.67. The molecule has 4 heteroatoms. The Morgan fingerprint density at radius 3 is 2.35 bits per heavy atom. The molecule has 0 radical (unpaired) electrons. The Morgan fingerprint density at radius 1 is 1.12 bits per heavy atom. The highest BCUT2D eigenvalue weighted by Gasteiger charge is 2.15. The molecule has 0 saturated heterocycles. The third-order valence-electron chi connectivity index (χ3n) is 3.08. The lowest BCUT2D eigenvalue weighted by Crippen LogP contribution is -2.34. The monoisotopic (exact) mass is 241 g/mol. The van der Waals surface area contributed by atoms with E-state index >= 15 is 0 Å². The fourth-order valence-corrected chi connectivity index (χ4v) is 2.17. The number of nitrogens with one attached hydrogen (secondary N) is 1. The molecular formula is C13H23NO3. The van der Waals surface area contributed by atoms with Gasteiger partial charge in [0.1, 0.15) is 0 Å². The second kappa shape index (κ2) is 8.09. The van der Waals surface area contributed by atoms with Crippen molar-refractivity contribution >= 4 is 11.9 Å². The highest BCUT2D eigenvalue weighted by atomic mass is 16.5. The van der Waals surface area contributed by atoms with E-state index in [2.05, 4.69) is 5.32 Å². The topological polar surface area (TPSA) is 55.4 Å². The molecule has 0 aliphatic heterocycles. The highest BCUT2D eigenvalue weighted by Crippen LogP contribution is 2.17. The van der Waals surface area contributed by atoms with Crippen LogP contribution in [0.2, 0.25) is 0 Å². The van der Waals surface area contributed by atoms with E-state index in [9.17, 15) is 9.59 Å². The van der Waals surface area contributed by atoms with Crippen molar-refractivity contribution in [1.29, 1.82) is 0 Å². The molecule has 0 spiro atoms. The Bertz CT molecular complexity index is 245. The predicted octanol–water partition coefficient (Wildman–Crippen LogP) is 2.17. The maximum Gasteiger partial charge on any atom is 0.306 e. The SMILES string of the molecule is CCOC(=O)CCC(=O)NC1CCCCCC1. The highest BCUT2D eigenvalue weighted by molar-refractivity contribution is 5.81. The summed E-state index contributed by atoms with van der Waals surface area (Å²) >= 11 is 0. The van der Waals surface area contributed by atoms with Crippen LogP contribution >= 0.6 is 0 Å². The molecule has 1 amide bonds.